The smallest absolute Gasteiger partial charge is 0.321 e. The summed E-state index contributed by atoms with van der Waals surface area (Å²) in [5.74, 6) is -1.33. The van der Waals surface area contributed by atoms with E-state index in [-0.39, 0.29) is 12.6 Å². The van der Waals surface area contributed by atoms with Crippen molar-refractivity contribution in [2.45, 2.75) is 30.4 Å². The Morgan fingerprint density at radius 3 is 2.77 bits per heavy atom. The molecule has 1 aromatic rings. The minimum Gasteiger partial charge on any atom is -0.481 e. The van der Waals surface area contributed by atoms with Crippen LogP contribution in [0.1, 0.15) is 20.3 Å². The summed E-state index contributed by atoms with van der Waals surface area (Å²) >= 11 is 7.80. The third-order valence-electron chi connectivity index (χ3n) is 3.39. The van der Waals surface area contributed by atoms with Gasteiger partial charge in [0.05, 0.1) is 16.6 Å². The van der Waals surface area contributed by atoms with Crippen LogP contribution in [0.4, 0.5) is 10.5 Å². The molecule has 1 aliphatic heterocycles. The van der Waals surface area contributed by atoms with Crippen LogP contribution < -0.4 is 5.32 Å². The molecule has 0 aliphatic carbocycles. The number of urea groups is 1. The quantitative estimate of drug-likeness (QED) is 0.817. The Morgan fingerprint density at radius 2 is 2.18 bits per heavy atom. The molecule has 1 aromatic carbocycles. The number of anilines is 1. The summed E-state index contributed by atoms with van der Waals surface area (Å²) in [7, 11) is 0. The monoisotopic (exact) mass is 342 g/mol. The van der Waals surface area contributed by atoms with Gasteiger partial charge < -0.3 is 15.3 Å². The van der Waals surface area contributed by atoms with E-state index in [4.69, 9.17) is 16.7 Å². The van der Waals surface area contributed by atoms with E-state index < -0.39 is 11.9 Å². The number of carbonyl (C=O) groups is 2. The van der Waals surface area contributed by atoms with Crippen molar-refractivity contribution < 1.29 is 14.7 Å². The topological polar surface area (TPSA) is 69.6 Å². The third-order valence-corrected chi connectivity index (χ3v) is 4.96. The molecule has 7 heteroatoms. The maximum Gasteiger partial charge on any atom is 0.321 e. The van der Waals surface area contributed by atoms with Gasteiger partial charge in [0, 0.05) is 23.2 Å². The number of carbonyl (C=O) groups excluding carboxylic acids is 1. The highest BCUT2D eigenvalue weighted by atomic mass is 35.5. The molecule has 0 saturated carbocycles. The number of nitrogens with zero attached hydrogens (tertiary/aromatic N) is 1. The first kappa shape index (κ1) is 17.0. The van der Waals surface area contributed by atoms with Crippen LogP contribution in [0.3, 0.4) is 0 Å². The highest BCUT2D eigenvalue weighted by Crippen LogP contribution is 2.36. The molecule has 1 unspecified atom stereocenters. The summed E-state index contributed by atoms with van der Waals surface area (Å²) in [6.45, 7) is 4.81. The molecule has 1 heterocycles. The number of amides is 2. The van der Waals surface area contributed by atoms with Crippen molar-refractivity contribution in [3.63, 3.8) is 0 Å². The Morgan fingerprint density at radius 1 is 1.45 bits per heavy atom. The van der Waals surface area contributed by atoms with Crippen LogP contribution >= 0.6 is 23.4 Å². The molecule has 0 bridgehead atoms. The summed E-state index contributed by atoms with van der Waals surface area (Å²) in [5.41, 5.74) is 0.662. The number of carboxylic acids is 1. The van der Waals surface area contributed by atoms with Crippen molar-refractivity contribution >= 4 is 41.1 Å². The Kier molecular flexibility index (Phi) is 5.58. The molecule has 120 valence electrons. The fourth-order valence-electron chi connectivity index (χ4n) is 2.30. The van der Waals surface area contributed by atoms with Gasteiger partial charge in [-0.15, -0.1) is 11.8 Å². The molecule has 0 aromatic heterocycles. The predicted molar refractivity (Wildman–Crippen MR) is 88.8 cm³/mol. The second-order valence-electron chi connectivity index (χ2n) is 5.48. The zero-order valence-corrected chi connectivity index (χ0v) is 14.1. The predicted octanol–water partition coefficient (Wildman–Crippen LogP) is 3.78. The maximum atomic E-state index is 12.3. The van der Waals surface area contributed by atoms with E-state index in [1.54, 1.807) is 30.0 Å². The lowest BCUT2D eigenvalue weighted by Gasteiger charge is -2.19. The molecule has 1 aliphatic rings. The van der Waals surface area contributed by atoms with E-state index in [9.17, 15) is 9.59 Å². The number of nitrogens with one attached hydrogen (secondary N) is 1. The van der Waals surface area contributed by atoms with Gasteiger partial charge in [0.2, 0.25) is 0 Å². The van der Waals surface area contributed by atoms with Gasteiger partial charge in [0.25, 0.3) is 0 Å². The van der Waals surface area contributed by atoms with Gasteiger partial charge in [-0.05, 0) is 18.6 Å². The Bertz CT molecular complexity index is 580. The first-order valence-corrected chi connectivity index (χ1v) is 8.38. The van der Waals surface area contributed by atoms with Gasteiger partial charge in [0.15, 0.2) is 0 Å². The SMILES string of the molecule is CC(C)Sc1c(Cl)cccc1NC(=O)N1CCC(C(=O)O)C1. The molecule has 2 amide bonds. The normalized spacial score (nSPS) is 17.8. The van der Waals surface area contributed by atoms with Crippen LogP contribution in [0.15, 0.2) is 23.1 Å². The Labute approximate surface area is 139 Å². The van der Waals surface area contributed by atoms with Gasteiger partial charge in [-0.1, -0.05) is 31.5 Å². The van der Waals surface area contributed by atoms with E-state index in [1.165, 1.54) is 4.90 Å². The molecule has 0 radical (unpaired) electrons. The molecular weight excluding hydrogens is 324 g/mol. The van der Waals surface area contributed by atoms with Gasteiger partial charge in [-0.2, -0.15) is 0 Å². The number of likely N-dealkylation sites (tertiary alicyclic amines) is 1. The molecule has 1 saturated heterocycles. The Hall–Kier alpha value is -1.40. The number of thioether (sulfide) groups is 1. The summed E-state index contributed by atoms with van der Waals surface area (Å²) in [5, 5.41) is 12.8. The molecule has 1 atom stereocenters. The van der Waals surface area contributed by atoms with E-state index in [2.05, 4.69) is 19.2 Å². The molecule has 1 fully saturated rings. The highest BCUT2D eigenvalue weighted by Gasteiger charge is 2.31. The standard InChI is InChI=1S/C15H19ClN2O3S/c1-9(2)22-13-11(16)4-3-5-12(13)17-15(21)18-7-6-10(8-18)14(19)20/h3-5,9-10H,6-8H2,1-2H3,(H,17,21)(H,19,20). The lowest BCUT2D eigenvalue weighted by atomic mass is 10.1. The van der Waals surface area contributed by atoms with E-state index in [0.29, 0.717) is 28.9 Å². The first-order valence-electron chi connectivity index (χ1n) is 7.12. The molecular formula is C15H19ClN2O3S. The Balaban J connectivity index is 2.09. The molecule has 2 N–H and O–H groups in total. The third kappa shape index (κ3) is 4.08. The second kappa shape index (κ2) is 7.24. The van der Waals surface area contributed by atoms with Crippen molar-refractivity contribution in [3.8, 4) is 0 Å². The van der Waals surface area contributed by atoms with Crippen LogP contribution in [0.5, 0.6) is 0 Å². The van der Waals surface area contributed by atoms with Crippen molar-refractivity contribution in [3.05, 3.63) is 23.2 Å². The fourth-order valence-corrected chi connectivity index (χ4v) is 3.51. The minimum atomic E-state index is -0.853. The van der Waals surface area contributed by atoms with Gasteiger partial charge >= 0.3 is 12.0 Å². The van der Waals surface area contributed by atoms with E-state index in [0.717, 1.165) is 4.90 Å². The number of aliphatic carboxylic acids is 1. The molecule has 2 rings (SSSR count). The number of hydrogen-bond acceptors (Lipinski definition) is 3. The average molecular weight is 343 g/mol. The van der Waals surface area contributed by atoms with Gasteiger partial charge in [0.1, 0.15) is 0 Å². The number of carboxylic acid groups (broad SMARTS) is 1. The van der Waals surface area contributed by atoms with Crippen LogP contribution in [-0.2, 0) is 4.79 Å². The summed E-state index contributed by atoms with van der Waals surface area (Å²) in [6.07, 6.45) is 0.492. The van der Waals surface area contributed by atoms with Gasteiger partial charge in [-0.3, -0.25) is 4.79 Å². The molecule has 22 heavy (non-hydrogen) atoms. The number of rotatable bonds is 4. The van der Waals surface area contributed by atoms with Crippen LogP contribution in [0.25, 0.3) is 0 Å². The lowest BCUT2D eigenvalue weighted by Crippen LogP contribution is -2.34. The van der Waals surface area contributed by atoms with Crippen molar-refractivity contribution in [1.82, 2.24) is 4.90 Å². The molecule has 0 spiro atoms. The van der Waals surface area contributed by atoms with Crippen LogP contribution in [0.2, 0.25) is 5.02 Å². The minimum absolute atomic E-state index is 0.244. The highest BCUT2D eigenvalue weighted by molar-refractivity contribution is 8.00. The summed E-state index contributed by atoms with van der Waals surface area (Å²) in [4.78, 5) is 25.6. The number of benzene rings is 1. The van der Waals surface area contributed by atoms with Gasteiger partial charge in [-0.25, -0.2) is 4.79 Å². The van der Waals surface area contributed by atoms with Crippen LogP contribution in [0, 0.1) is 5.92 Å². The second-order valence-corrected chi connectivity index (χ2v) is 7.48. The maximum absolute atomic E-state index is 12.3. The van der Waals surface area contributed by atoms with Crippen molar-refractivity contribution in [2.24, 2.45) is 5.92 Å². The van der Waals surface area contributed by atoms with E-state index >= 15 is 0 Å². The zero-order valence-electron chi connectivity index (χ0n) is 12.5. The number of hydrogen-bond donors (Lipinski definition) is 2. The first-order chi connectivity index (χ1) is 10.4. The fraction of sp³-hybridized carbons (Fsp3) is 0.467. The van der Waals surface area contributed by atoms with Crippen molar-refractivity contribution in [1.29, 1.82) is 0 Å². The van der Waals surface area contributed by atoms with E-state index in [1.807, 2.05) is 0 Å². The number of halogens is 1. The molecule has 5 nitrogen and oxygen atoms in total. The largest absolute Gasteiger partial charge is 0.481 e. The van der Waals surface area contributed by atoms with Crippen molar-refractivity contribution in [2.75, 3.05) is 18.4 Å². The average Bonchev–Trinajstić information content (AvgIpc) is 2.92. The van der Waals surface area contributed by atoms with Crippen LogP contribution in [-0.4, -0.2) is 40.3 Å². The lowest BCUT2D eigenvalue weighted by molar-refractivity contribution is -0.141. The summed E-state index contributed by atoms with van der Waals surface area (Å²) < 4.78 is 0. The zero-order chi connectivity index (χ0) is 16.3. The summed E-state index contributed by atoms with van der Waals surface area (Å²) in [6, 6.07) is 5.10.